The third kappa shape index (κ3) is 5.07. The molecule has 0 radical (unpaired) electrons. The third-order valence-corrected chi connectivity index (χ3v) is 5.14. The van der Waals surface area contributed by atoms with Crippen molar-refractivity contribution in [2.75, 3.05) is 19.6 Å². The highest BCUT2D eigenvalue weighted by Gasteiger charge is 2.32. The molecule has 0 spiro atoms. The fraction of sp³-hybridized carbons (Fsp3) is 1.00. The molecule has 0 saturated carbocycles. The van der Waals surface area contributed by atoms with Gasteiger partial charge in [0.05, 0.1) is 0 Å². The fourth-order valence-corrected chi connectivity index (χ4v) is 3.36. The number of piperidine rings is 1. The molecule has 2 nitrogen and oxygen atoms in total. The molecular formula is C17H36N2. The van der Waals surface area contributed by atoms with Crippen LogP contribution in [0.25, 0.3) is 0 Å². The SMILES string of the molecule is CCC1CCCCN1CC(CC)(CC)CNC(C)C. The van der Waals surface area contributed by atoms with Crippen LogP contribution in [0.3, 0.4) is 0 Å². The Balaban J connectivity index is 2.64. The maximum absolute atomic E-state index is 3.68. The summed E-state index contributed by atoms with van der Waals surface area (Å²) in [6, 6.07) is 1.44. The van der Waals surface area contributed by atoms with Crippen LogP contribution in [0, 0.1) is 5.41 Å². The highest BCUT2D eigenvalue weighted by atomic mass is 15.2. The maximum Gasteiger partial charge on any atom is 0.00928 e. The first-order chi connectivity index (χ1) is 9.06. The molecule has 1 N–H and O–H groups in total. The van der Waals surface area contributed by atoms with E-state index in [2.05, 4.69) is 44.8 Å². The van der Waals surface area contributed by atoms with Crippen molar-refractivity contribution in [1.29, 1.82) is 0 Å². The zero-order valence-electron chi connectivity index (χ0n) is 14.0. The van der Waals surface area contributed by atoms with Crippen molar-refractivity contribution < 1.29 is 0 Å². The minimum absolute atomic E-state index is 0.467. The van der Waals surface area contributed by atoms with Crippen LogP contribution in [-0.2, 0) is 0 Å². The molecule has 1 unspecified atom stereocenters. The van der Waals surface area contributed by atoms with Crippen molar-refractivity contribution in [2.24, 2.45) is 5.41 Å². The number of hydrogen-bond donors (Lipinski definition) is 1. The first-order valence-corrected chi connectivity index (χ1v) is 8.54. The molecule has 1 atom stereocenters. The van der Waals surface area contributed by atoms with E-state index in [9.17, 15) is 0 Å². The van der Waals surface area contributed by atoms with Gasteiger partial charge < -0.3 is 5.32 Å². The van der Waals surface area contributed by atoms with E-state index in [-0.39, 0.29) is 0 Å². The molecule has 19 heavy (non-hydrogen) atoms. The van der Waals surface area contributed by atoms with Gasteiger partial charge in [-0.2, -0.15) is 0 Å². The van der Waals surface area contributed by atoms with Crippen LogP contribution >= 0.6 is 0 Å². The van der Waals surface area contributed by atoms with Gasteiger partial charge in [-0.3, -0.25) is 4.90 Å². The molecule has 1 saturated heterocycles. The lowest BCUT2D eigenvalue weighted by molar-refractivity contribution is 0.0700. The molecule has 0 aromatic rings. The van der Waals surface area contributed by atoms with Crippen molar-refractivity contribution in [2.45, 2.75) is 85.2 Å². The number of nitrogens with one attached hydrogen (secondary N) is 1. The summed E-state index contributed by atoms with van der Waals surface area (Å²) in [6.07, 6.45) is 8.15. The van der Waals surface area contributed by atoms with Gasteiger partial charge in [0.1, 0.15) is 0 Å². The molecular weight excluding hydrogens is 232 g/mol. The summed E-state index contributed by atoms with van der Waals surface area (Å²) in [5.74, 6) is 0. The Bertz CT molecular complexity index is 233. The second-order valence-electron chi connectivity index (χ2n) is 6.77. The molecule has 0 aromatic heterocycles. The molecule has 2 heteroatoms. The minimum atomic E-state index is 0.467. The molecule has 0 aromatic carbocycles. The van der Waals surface area contributed by atoms with Gasteiger partial charge in [0.2, 0.25) is 0 Å². The normalized spacial score (nSPS) is 22.1. The molecule has 0 amide bonds. The Morgan fingerprint density at radius 3 is 2.37 bits per heavy atom. The summed E-state index contributed by atoms with van der Waals surface area (Å²) in [7, 11) is 0. The van der Waals surface area contributed by atoms with Gasteiger partial charge >= 0.3 is 0 Å². The predicted molar refractivity (Wildman–Crippen MR) is 85.7 cm³/mol. The van der Waals surface area contributed by atoms with E-state index >= 15 is 0 Å². The maximum atomic E-state index is 3.68. The number of likely N-dealkylation sites (tertiary alicyclic amines) is 1. The zero-order chi connectivity index (χ0) is 14.3. The first kappa shape index (κ1) is 17.0. The Morgan fingerprint density at radius 1 is 1.16 bits per heavy atom. The van der Waals surface area contributed by atoms with Gasteiger partial charge in [-0.15, -0.1) is 0 Å². The Kier molecular flexibility index (Phi) is 7.38. The molecule has 1 aliphatic heterocycles. The van der Waals surface area contributed by atoms with Gasteiger partial charge in [0.25, 0.3) is 0 Å². The highest BCUT2D eigenvalue weighted by Crippen LogP contribution is 2.31. The minimum Gasteiger partial charge on any atom is -0.314 e. The second kappa shape index (κ2) is 8.26. The van der Waals surface area contributed by atoms with Crippen LogP contribution in [0.15, 0.2) is 0 Å². The van der Waals surface area contributed by atoms with E-state index in [0.717, 1.165) is 6.04 Å². The van der Waals surface area contributed by atoms with Gasteiger partial charge in [0.15, 0.2) is 0 Å². The van der Waals surface area contributed by atoms with Crippen LogP contribution < -0.4 is 5.32 Å². The van der Waals surface area contributed by atoms with Crippen LogP contribution in [0.1, 0.15) is 73.1 Å². The van der Waals surface area contributed by atoms with Gasteiger partial charge in [-0.25, -0.2) is 0 Å². The fourth-order valence-electron chi connectivity index (χ4n) is 3.36. The summed E-state index contributed by atoms with van der Waals surface area (Å²) < 4.78 is 0. The van der Waals surface area contributed by atoms with Crippen LogP contribution in [-0.4, -0.2) is 36.6 Å². The monoisotopic (exact) mass is 268 g/mol. The molecule has 1 heterocycles. The highest BCUT2D eigenvalue weighted by molar-refractivity contribution is 4.87. The van der Waals surface area contributed by atoms with Crippen molar-refractivity contribution in [3.05, 3.63) is 0 Å². The summed E-state index contributed by atoms with van der Waals surface area (Å²) in [5, 5.41) is 3.68. The van der Waals surface area contributed by atoms with E-state index in [1.165, 1.54) is 58.2 Å². The topological polar surface area (TPSA) is 15.3 Å². The first-order valence-electron chi connectivity index (χ1n) is 8.54. The standard InChI is InChI=1S/C17H36N2/c1-6-16-11-9-10-12-19(16)14-17(7-2,8-3)13-18-15(4)5/h15-16,18H,6-14H2,1-5H3. The predicted octanol–water partition coefficient (Wildman–Crippen LogP) is 4.06. The van der Waals surface area contributed by atoms with Gasteiger partial charge in [-0.1, -0.05) is 41.0 Å². The van der Waals surface area contributed by atoms with E-state index < -0.39 is 0 Å². The lowest BCUT2D eigenvalue weighted by Gasteiger charge is -2.43. The average molecular weight is 268 g/mol. The van der Waals surface area contributed by atoms with Gasteiger partial charge in [-0.05, 0) is 44.1 Å². The lowest BCUT2D eigenvalue weighted by Crippen LogP contribution is -2.49. The van der Waals surface area contributed by atoms with Crippen LogP contribution in [0.2, 0.25) is 0 Å². The quantitative estimate of drug-likeness (QED) is 0.714. The lowest BCUT2D eigenvalue weighted by atomic mass is 9.80. The summed E-state index contributed by atoms with van der Waals surface area (Å²) in [6.45, 7) is 15.4. The summed E-state index contributed by atoms with van der Waals surface area (Å²) in [5.41, 5.74) is 0.467. The van der Waals surface area contributed by atoms with Crippen molar-refractivity contribution in [1.82, 2.24) is 10.2 Å². The van der Waals surface area contributed by atoms with Crippen LogP contribution in [0.5, 0.6) is 0 Å². The molecule has 1 aliphatic rings. The van der Waals surface area contributed by atoms with E-state index in [1.54, 1.807) is 0 Å². The van der Waals surface area contributed by atoms with Gasteiger partial charge in [0, 0.05) is 25.2 Å². The van der Waals surface area contributed by atoms with Crippen molar-refractivity contribution >= 4 is 0 Å². The molecule has 0 aliphatic carbocycles. The smallest absolute Gasteiger partial charge is 0.00928 e. The Hall–Kier alpha value is -0.0800. The van der Waals surface area contributed by atoms with Crippen molar-refractivity contribution in [3.63, 3.8) is 0 Å². The van der Waals surface area contributed by atoms with E-state index in [1.807, 2.05) is 0 Å². The molecule has 0 bridgehead atoms. The largest absolute Gasteiger partial charge is 0.314 e. The molecule has 1 rings (SSSR count). The van der Waals surface area contributed by atoms with Crippen LogP contribution in [0.4, 0.5) is 0 Å². The summed E-state index contributed by atoms with van der Waals surface area (Å²) >= 11 is 0. The molecule has 1 fully saturated rings. The number of hydrogen-bond acceptors (Lipinski definition) is 2. The van der Waals surface area contributed by atoms with E-state index in [4.69, 9.17) is 0 Å². The Labute approximate surface area is 121 Å². The van der Waals surface area contributed by atoms with E-state index in [0.29, 0.717) is 11.5 Å². The zero-order valence-corrected chi connectivity index (χ0v) is 14.0. The summed E-state index contributed by atoms with van der Waals surface area (Å²) in [4.78, 5) is 2.79. The average Bonchev–Trinajstić information content (AvgIpc) is 2.44. The second-order valence-corrected chi connectivity index (χ2v) is 6.77. The third-order valence-electron chi connectivity index (χ3n) is 5.14. The number of rotatable bonds is 8. The number of nitrogens with zero attached hydrogens (tertiary/aromatic N) is 1. The van der Waals surface area contributed by atoms with Crippen molar-refractivity contribution in [3.8, 4) is 0 Å². The Morgan fingerprint density at radius 2 is 1.84 bits per heavy atom. The molecule has 114 valence electrons.